The highest BCUT2D eigenvalue weighted by Gasteiger charge is 2.37. The predicted octanol–water partition coefficient (Wildman–Crippen LogP) is 2.96. The minimum absolute atomic E-state index is 0.141. The summed E-state index contributed by atoms with van der Waals surface area (Å²) in [4.78, 5) is 8.52. The lowest BCUT2D eigenvalue weighted by atomic mass is 9.79. The Balaban J connectivity index is 2.07. The van der Waals surface area contributed by atoms with E-state index in [9.17, 15) is 0 Å². The molecule has 2 N–H and O–H groups in total. The van der Waals surface area contributed by atoms with Crippen LogP contribution in [0.5, 0.6) is 0 Å². The van der Waals surface area contributed by atoms with Crippen LogP contribution >= 0.6 is 15.9 Å². The Morgan fingerprint density at radius 3 is 2.28 bits per heavy atom. The van der Waals surface area contributed by atoms with E-state index in [1.54, 1.807) is 12.4 Å². The first kappa shape index (κ1) is 13.7. The zero-order valence-corrected chi connectivity index (χ0v) is 13.0. The van der Waals surface area contributed by atoms with Crippen LogP contribution in [0.4, 0.5) is 5.82 Å². The summed E-state index contributed by atoms with van der Waals surface area (Å²) in [5.41, 5.74) is 0.282. The summed E-state index contributed by atoms with van der Waals surface area (Å²) in [6.07, 6.45) is 5.65. The molecule has 18 heavy (non-hydrogen) atoms. The van der Waals surface area contributed by atoms with E-state index < -0.39 is 0 Å². The molecular formula is C13H21BrN4. The van der Waals surface area contributed by atoms with Gasteiger partial charge in [0.25, 0.3) is 0 Å². The first-order valence-electron chi connectivity index (χ1n) is 6.29. The SMILES string of the molecule is CC1(C)CC(Nc2cnc(Br)cn2)CC(C)(C)N1. The van der Waals surface area contributed by atoms with Gasteiger partial charge in [-0.15, -0.1) is 0 Å². The van der Waals surface area contributed by atoms with Crippen LogP contribution in [0.3, 0.4) is 0 Å². The summed E-state index contributed by atoms with van der Waals surface area (Å²) in [6, 6.07) is 0.423. The Kier molecular flexibility index (Phi) is 3.65. The molecule has 2 heterocycles. The van der Waals surface area contributed by atoms with Crippen molar-refractivity contribution in [2.24, 2.45) is 0 Å². The van der Waals surface area contributed by atoms with Gasteiger partial charge in [0.05, 0.1) is 12.4 Å². The van der Waals surface area contributed by atoms with E-state index in [1.807, 2.05) is 0 Å². The van der Waals surface area contributed by atoms with Crippen molar-refractivity contribution in [3.8, 4) is 0 Å². The standard InChI is InChI=1S/C13H21BrN4/c1-12(2)5-9(6-13(3,4)18-12)17-11-8-15-10(14)7-16-11/h7-9,18H,5-6H2,1-4H3,(H,16,17). The molecule has 0 amide bonds. The molecule has 2 rings (SSSR count). The second-order valence-electron chi connectivity index (χ2n) is 6.37. The summed E-state index contributed by atoms with van der Waals surface area (Å²) in [5, 5.41) is 7.16. The molecular weight excluding hydrogens is 292 g/mol. The summed E-state index contributed by atoms with van der Waals surface area (Å²) in [6.45, 7) is 8.98. The van der Waals surface area contributed by atoms with Crippen LogP contribution in [-0.2, 0) is 0 Å². The van der Waals surface area contributed by atoms with Gasteiger partial charge in [-0.2, -0.15) is 0 Å². The Morgan fingerprint density at radius 1 is 1.17 bits per heavy atom. The molecule has 0 bridgehead atoms. The summed E-state index contributed by atoms with van der Waals surface area (Å²) in [7, 11) is 0. The van der Waals surface area contributed by atoms with Crippen LogP contribution in [0.2, 0.25) is 0 Å². The quantitative estimate of drug-likeness (QED) is 0.881. The van der Waals surface area contributed by atoms with Gasteiger partial charge in [-0.25, -0.2) is 9.97 Å². The Labute approximate surface area is 117 Å². The van der Waals surface area contributed by atoms with E-state index in [1.165, 1.54) is 0 Å². The second-order valence-corrected chi connectivity index (χ2v) is 7.18. The number of rotatable bonds is 2. The van der Waals surface area contributed by atoms with E-state index in [0.29, 0.717) is 6.04 Å². The van der Waals surface area contributed by atoms with Crippen molar-refractivity contribution >= 4 is 21.7 Å². The summed E-state index contributed by atoms with van der Waals surface area (Å²) >= 11 is 3.30. The second kappa shape index (κ2) is 4.78. The molecule has 1 aliphatic heterocycles. The van der Waals surface area contributed by atoms with Crippen molar-refractivity contribution in [1.29, 1.82) is 0 Å². The number of piperidine rings is 1. The van der Waals surface area contributed by atoms with Crippen molar-refractivity contribution in [3.63, 3.8) is 0 Å². The van der Waals surface area contributed by atoms with Gasteiger partial charge in [0.15, 0.2) is 0 Å². The molecule has 0 unspecified atom stereocenters. The molecule has 1 aromatic rings. The van der Waals surface area contributed by atoms with E-state index >= 15 is 0 Å². The molecule has 1 aromatic heterocycles. The van der Waals surface area contributed by atoms with Gasteiger partial charge in [-0.3, -0.25) is 0 Å². The van der Waals surface area contributed by atoms with Gasteiger partial charge in [0.2, 0.25) is 0 Å². The number of nitrogens with one attached hydrogen (secondary N) is 2. The highest BCUT2D eigenvalue weighted by Crippen LogP contribution is 2.30. The van der Waals surface area contributed by atoms with Gasteiger partial charge < -0.3 is 10.6 Å². The van der Waals surface area contributed by atoms with Crippen molar-refractivity contribution in [2.75, 3.05) is 5.32 Å². The monoisotopic (exact) mass is 312 g/mol. The van der Waals surface area contributed by atoms with Crippen LogP contribution in [-0.4, -0.2) is 27.1 Å². The lowest BCUT2D eigenvalue weighted by molar-refractivity contribution is 0.170. The van der Waals surface area contributed by atoms with Crippen molar-refractivity contribution in [1.82, 2.24) is 15.3 Å². The maximum Gasteiger partial charge on any atom is 0.144 e. The Hall–Kier alpha value is -0.680. The molecule has 0 spiro atoms. The van der Waals surface area contributed by atoms with Crippen LogP contribution in [0.1, 0.15) is 40.5 Å². The maximum atomic E-state index is 4.33. The topological polar surface area (TPSA) is 49.8 Å². The lowest BCUT2D eigenvalue weighted by Crippen LogP contribution is -2.60. The molecule has 0 saturated carbocycles. The van der Waals surface area contributed by atoms with Crippen molar-refractivity contribution < 1.29 is 0 Å². The molecule has 1 saturated heterocycles. The van der Waals surface area contributed by atoms with Crippen molar-refractivity contribution in [2.45, 2.75) is 57.7 Å². The van der Waals surface area contributed by atoms with Crippen LogP contribution < -0.4 is 10.6 Å². The maximum absolute atomic E-state index is 4.33. The fraction of sp³-hybridized carbons (Fsp3) is 0.692. The third-order valence-corrected chi connectivity index (χ3v) is 3.57. The first-order valence-corrected chi connectivity index (χ1v) is 7.09. The molecule has 0 atom stereocenters. The number of halogens is 1. The van der Waals surface area contributed by atoms with Gasteiger partial charge in [0, 0.05) is 17.1 Å². The number of hydrogen-bond donors (Lipinski definition) is 2. The zero-order valence-electron chi connectivity index (χ0n) is 11.4. The molecule has 4 nitrogen and oxygen atoms in total. The molecule has 100 valence electrons. The van der Waals surface area contributed by atoms with E-state index in [-0.39, 0.29) is 11.1 Å². The average molecular weight is 313 g/mol. The van der Waals surface area contributed by atoms with Crippen LogP contribution in [0, 0.1) is 0 Å². The molecule has 1 aliphatic rings. The number of hydrogen-bond acceptors (Lipinski definition) is 4. The van der Waals surface area contributed by atoms with Crippen LogP contribution in [0.25, 0.3) is 0 Å². The van der Waals surface area contributed by atoms with Crippen LogP contribution in [0.15, 0.2) is 17.0 Å². The normalized spacial score (nSPS) is 22.7. The summed E-state index contributed by atoms with van der Waals surface area (Å²) in [5.74, 6) is 0.844. The Morgan fingerprint density at radius 2 is 1.78 bits per heavy atom. The highest BCUT2D eigenvalue weighted by atomic mass is 79.9. The predicted molar refractivity (Wildman–Crippen MR) is 77.7 cm³/mol. The average Bonchev–Trinajstić information content (AvgIpc) is 2.16. The third-order valence-electron chi connectivity index (χ3n) is 3.16. The number of nitrogens with zero attached hydrogens (tertiary/aromatic N) is 2. The molecule has 0 aromatic carbocycles. The van der Waals surface area contributed by atoms with Gasteiger partial charge in [-0.1, -0.05) is 0 Å². The van der Waals surface area contributed by atoms with Crippen molar-refractivity contribution in [3.05, 3.63) is 17.0 Å². The zero-order chi connectivity index (χ0) is 13.4. The lowest BCUT2D eigenvalue weighted by Gasteiger charge is -2.46. The highest BCUT2D eigenvalue weighted by molar-refractivity contribution is 9.10. The van der Waals surface area contributed by atoms with E-state index in [2.05, 4.69) is 64.2 Å². The number of aromatic nitrogens is 2. The molecule has 1 fully saturated rings. The largest absolute Gasteiger partial charge is 0.366 e. The minimum atomic E-state index is 0.141. The van der Waals surface area contributed by atoms with Gasteiger partial charge in [-0.05, 0) is 56.5 Å². The fourth-order valence-corrected chi connectivity index (χ4v) is 3.23. The fourth-order valence-electron chi connectivity index (χ4n) is 3.02. The van der Waals surface area contributed by atoms with Gasteiger partial charge in [0.1, 0.15) is 10.4 Å². The third kappa shape index (κ3) is 3.65. The Bertz CT molecular complexity index is 398. The first-order chi connectivity index (χ1) is 8.26. The minimum Gasteiger partial charge on any atom is -0.366 e. The summed E-state index contributed by atoms with van der Waals surface area (Å²) < 4.78 is 0.763. The number of anilines is 1. The van der Waals surface area contributed by atoms with E-state index in [4.69, 9.17) is 0 Å². The smallest absolute Gasteiger partial charge is 0.144 e. The van der Waals surface area contributed by atoms with E-state index in [0.717, 1.165) is 23.3 Å². The molecule has 0 aliphatic carbocycles. The van der Waals surface area contributed by atoms with Gasteiger partial charge >= 0.3 is 0 Å². The molecule has 5 heteroatoms. The molecule has 0 radical (unpaired) electrons.